The molecule has 5 nitrogen and oxygen atoms in total. The SMILES string of the molecule is CC(C)CCCNS(=O)(=O)c1cc(CN)n(C)c1. The molecule has 0 unspecified atom stereocenters. The third-order valence-corrected chi connectivity index (χ3v) is 4.28. The molecule has 0 radical (unpaired) electrons. The Morgan fingerprint density at radius 3 is 2.61 bits per heavy atom. The van der Waals surface area contributed by atoms with Crippen LogP contribution in [0.25, 0.3) is 0 Å². The fraction of sp³-hybridized carbons (Fsp3) is 0.667. The van der Waals surface area contributed by atoms with Crippen molar-refractivity contribution >= 4 is 10.0 Å². The Hall–Kier alpha value is -0.850. The normalized spacial score (nSPS) is 12.3. The van der Waals surface area contributed by atoms with Crippen LogP contribution >= 0.6 is 0 Å². The number of aryl methyl sites for hydroxylation is 1. The van der Waals surface area contributed by atoms with Crippen molar-refractivity contribution in [3.05, 3.63) is 18.0 Å². The van der Waals surface area contributed by atoms with Crippen molar-refractivity contribution in [1.29, 1.82) is 0 Å². The molecule has 0 saturated heterocycles. The molecule has 0 aliphatic carbocycles. The highest BCUT2D eigenvalue weighted by molar-refractivity contribution is 7.89. The predicted molar refractivity (Wildman–Crippen MR) is 72.6 cm³/mol. The lowest BCUT2D eigenvalue weighted by Crippen LogP contribution is -2.24. The summed E-state index contributed by atoms with van der Waals surface area (Å²) in [5, 5.41) is 0. The van der Waals surface area contributed by atoms with Crippen LogP contribution in [0.15, 0.2) is 17.2 Å². The van der Waals surface area contributed by atoms with E-state index < -0.39 is 10.0 Å². The zero-order chi connectivity index (χ0) is 13.8. The molecule has 1 aromatic rings. The van der Waals surface area contributed by atoms with Gasteiger partial charge in [0.1, 0.15) is 0 Å². The highest BCUT2D eigenvalue weighted by atomic mass is 32.2. The summed E-state index contributed by atoms with van der Waals surface area (Å²) in [6.07, 6.45) is 3.46. The van der Waals surface area contributed by atoms with E-state index in [9.17, 15) is 8.42 Å². The summed E-state index contributed by atoms with van der Waals surface area (Å²) in [6, 6.07) is 1.62. The minimum atomic E-state index is -3.40. The van der Waals surface area contributed by atoms with Crippen LogP contribution < -0.4 is 10.5 Å². The molecule has 104 valence electrons. The summed E-state index contributed by atoms with van der Waals surface area (Å²) in [5.41, 5.74) is 6.33. The zero-order valence-corrected chi connectivity index (χ0v) is 12.1. The summed E-state index contributed by atoms with van der Waals surface area (Å²) in [5.74, 6) is 0.593. The molecule has 0 fully saturated rings. The summed E-state index contributed by atoms with van der Waals surface area (Å²) >= 11 is 0. The quantitative estimate of drug-likeness (QED) is 0.733. The Bertz CT molecular complexity index is 478. The monoisotopic (exact) mass is 273 g/mol. The van der Waals surface area contributed by atoms with Crippen molar-refractivity contribution in [3.63, 3.8) is 0 Å². The minimum absolute atomic E-state index is 0.287. The van der Waals surface area contributed by atoms with Crippen LogP contribution in [0.1, 0.15) is 32.4 Å². The molecule has 3 N–H and O–H groups in total. The molecule has 18 heavy (non-hydrogen) atoms. The first kappa shape index (κ1) is 15.2. The summed E-state index contributed by atoms with van der Waals surface area (Å²) in [4.78, 5) is 0.287. The molecule has 0 aliphatic heterocycles. The average molecular weight is 273 g/mol. The van der Waals surface area contributed by atoms with Gasteiger partial charge in [-0.05, 0) is 24.8 Å². The Balaban J connectivity index is 2.62. The molecule has 0 aliphatic rings. The van der Waals surface area contributed by atoms with Crippen LogP contribution in [-0.2, 0) is 23.6 Å². The van der Waals surface area contributed by atoms with E-state index in [0.29, 0.717) is 19.0 Å². The fourth-order valence-electron chi connectivity index (χ4n) is 1.73. The Labute approximate surface area is 109 Å². The highest BCUT2D eigenvalue weighted by Gasteiger charge is 2.16. The second-order valence-electron chi connectivity index (χ2n) is 4.92. The van der Waals surface area contributed by atoms with Gasteiger partial charge in [-0.15, -0.1) is 0 Å². The number of rotatable bonds is 7. The third kappa shape index (κ3) is 4.12. The predicted octanol–water partition coefficient (Wildman–Crippen LogP) is 1.20. The van der Waals surface area contributed by atoms with Crippen molar-refractivity contribution < 1.29 is 8.42 Å². The lowest BCUT2D eigenvalue weighted by molar-refractivity contribution is 0.540. The van der Waals surface area contributed by atoms with Crippen LogP contribution in [0.5, 0.6) is 0 Å². The van der Waals surface area contributed by atoms with Gasteiger partial charge in [-0.3, -0.25) is 0 Å². The first-order chi connectivity index (χ1) is 8.36. The maximum absolute atomic E-state index is 12.0. The molecule has 0 spiro atoms. The van der Waals surface area contributed by atoms with Crippen molar-refractivity contribution in [2.45, 2.75) is 38.1 Å². The number of hydrogen-bond donors (Lipinski definition) is 2. The Morgan fingerprint density at radius 2 is 2.11 bits per heavy atom. The van der Waals surface area contributed by atoms with Gasteiger partial charge in [0.25, 0.3) is 0 Å². The highest BCUT2D eigenvalue weighted by Crippen LogP contribution is 2.13. The summed E-state index contributed by atoms with van der Waals surface area (Å²) < 4.78 is 28.3. The lowest BCUT2D eigenvalue weighted by Gasteiger charge is -2.06. The van der Waals surface area contributed by atoms with Gasteiger partial charge in [0.15, 0.2) is 0 Å². The molecule has 6 heteroatoms. The van der Waals surface area contributed by atoms with E-state index in [1.807, 2.05) is 0 Å². The molecule has 0 aromatic carbocycles. The van der Waals surface area contributed by atoms with E-state index in [4.69, 9.17) is 5.73 Å². The molecule has 1 rings (SSSR count). The van der Waals surface area contributed by atoms with Gasteiger partial charge in [0.05, 0.1) is 4.90 Å². The second-order valence-corrected chi connectivity index (χ2v) is 6.68. The second kappa shape index (κ2) is 6.36. The van der Waals surface area contributed by atoms with Gasteiger partial charge in [0, 0.05) is 32.0 Å². The summed E-state index contributed by atoms with van der Waals surface area (Å²) in [7, 11) is -1.60. The van der Waals surface area contributed by atoms with E-state index in [2.05, 4.69) is 18.6 Å². The topological polar surface area (TPSA) is 77.1 Å². The average Bonchev–Trinajstić information content (AvgIpc) is 2.66. The number of hydrogen-bond acceptors (Lipinski definition) is 3. The number of aromatic nitrogens is 1. The van der Waals surface area contributed by atoms with Crippen molar-refractivity contribution in [3.8, 4) is 0 Å². The van der Waals surface area contributed by atoms with Crippen molar-refractivity contribution in [1.82, 2.24) is 9.29 Å². The number of nitrogens with one attached hydrogen (secondary N) is 1. The Kier molecular flexibility index (Phi) is 5.37. The van der Waals surface area contributed by atoms with Gasteiger partial charge in [-0.25, -0.2) is 13.1 Å². The maximum Gasteiger partial charge on any atom is 0.242 e. The number of sulfonamides is 1. The van der Waals surface area contributed by atoms with Gasteiger partial charge >= 0.3 is 0 Å². The number of nitrogens with two attached hydrogens (primary N) is 1. The van der Waals surface area contributed by atoms with E-state index in [0.717, 1.165) is 18.5 Å². The van der Waals surface area contributed by atoms with Crippen LogP contribution in [-0.4, -0.2) is 19.5 Å². The van der Waals surface area contributed by atoms with Crippen LogP contribution in [0, 0.1) is 5.92 Å². The smallest absolute Gasteiger partial charge is 0.242 e. The van der Waals surface area contributed by atoms with Gasteiger partial charge in [0.2, 0.25) is 10.0 Å². The number of nitrogens with zero attached hydrogens (tertiary/aromatic N) is 1. The lowest BCUT2D eigenvalue weighted by atomic mass is 10.1. The molecular weight excluding hydrogens is 250 g/mol. The molecule has 1 aromatic heterocycles. The Morgan fingerprint density at radius 1 is 1.44 bits per heavy atom. The molecule has 0 amide bonds. The minimum Gasteiger partial charge on any atom is -0.352 e. The molecule has 0 bridgehead atoms. The van der Waals surface area contributed by atoms with Crippen LogP contribution in [0.3, 0.4) is 0 Å². The standard InChI is InChI=1S/C12H23N3O2S/c1-10(2)5-4-6-14-18(16,17)12-7-11(8-13)15(3)9-12/h7,9-10,14H,4-6,8,13H2,1-3H3. The largest absolute Gasteiger partial charge is 0.352 e. The van der Waals surface area contributed by atoms with Crippen LogP contribution in [0.4, 0.5) is 0 Å². The van der Waals surface area contributed by atoms with E-state index >= 15 is 0 Å². The third-order valence-electron chi connectivity index (χ3n) is 2.85. The first-order valence-electron chi connectivity index (χ1n) is 6.21. The van der Waals surface area contributed by atoms with Crippen molar-refractivity contribution in [2.75, 3.05) is 6.54 Å². The van der Waals surface area contributed by atoms with E-state index in [1.54, 1.807) is 23.9 Å². The molecule has 0 atom stereocenters. The van der Waals surface area contributed by atoms with Crippen LogP contribution in [0.2, 0.25) is 0 Å². The molecule has 0 saturated carbocycles. The van der Waals surface area contributed by atoms with Crippen molar-refractivity contribution in [2.24, 2.45) is 18.7 Å². The maximum atomic E-state index is 12.0. The first-order valence-corrected chi connectivity index (χ1v) is 7.70. The fourth-order valence-corrected chi connectivity index (χ4v) is 2.89. The van der Waals surface area contributed by atoms with Gasteiger partial charge in [-0.1, -0.05) is 13.8 Å². The molecule has 1 heterocycles. The van der Waals surface area contributed by atoms with Gasteiger partial charge in [-0.2, -0.15) is 0 Å². The van der Waals surface area contributed by atoms with Gasteiger partial charge < -0.3 is 10.3 Å². The van der Waals surface area contributed by atoms with E-state index in [1.165, 1.54) is 0 Å². The summed E-state index contributed by atoms with van der Waals surface area (Å²) in [6.45, 7) is 5.06. The zero-order valence-electron chi connectivity index (χ0n) is 11.3. The van der Waals surface area contributed by atoms with E-state index in [-0.39, 0.29) is 4.90 Å². The molecular formula is C12H23N3O2S.